The first kappa shape index (κ1) is 13.7. The molecule has 1 radical (unpaired) electrons. The van der Waals surface area contributed by atoms with E-state index in [4.69, 9.17) is 4.55 Å². The second-order valence-corrected chi connectivity index (χ2v) is 2.89. The van der Waals surface area contributed by atoms with E-state index >= 15 is 0 Å². The van der Waals surface area contributed by atoms with Crippen molar-refractivity contribution < 1.29 is 45.7 Å². The molecule has 0 aromatic carbocycles. The van der Waals surface area contributed by atoms with Crippen LogP contribution in [0, 0.1) is 5.92 Å². The molecule has 0 aromatic heterocycles. The molecule has 1 N–H and O–H groups in total. The predicted octanol–water partition coefficient (Wildman–Crippen LogP) is 1.18. The molecule has 10 heavy (non-hydrogen) atoms. The normalized spacial score (nSPS) is 12.8. The van der Waals surface area contributed by atoms with Crippen LogP contribution >= 0.6 is 0 Å². The van der Waals surface area contributed by atoms with Crippen molar-refractivity contribution in [3.8, 4) is 0 Å². The molecule has 0 aliphatic heterocycles. The molecular weight excluding hydrogens is 229 g/mol. The largest absolute Gasteiger partial charge is 0.301 e. The molecule has 3 nitrogen and oxygen atoms in total. The Morgan fingerprint density at radius 1 is 1.60 bits per heavy atom. The van der Waals surface area contributed by atoms with Crippen LogP contribution in [0.25, 0.3) is 0 Å². The van der Waals surface area contributed by atoms with Gasteiger partial charge in [0.15, 0.2) is 0 Å². The second kappa shape index (κ2) is 8.27. The Balaban J connectivity index is 0. The van der Waals surface area contributed by atoms with Gasteiger partial charge in [-0.3, -0.25) is 8.74 Å². The molecule has 0 amide bonds. The summed E-state index contributed by atoms with van der Waals surface area (Å²) >= 11 is -2.08. The minimum atomic E-state index is -2.08. The van der Waals surface area contributed by atoms with Crippen molar-refractivity contribution in [2.45, 2.75) is 20.3 Å². The fourth-order valence-corrected chi connectivity index (χ4v) is 0.594. The van der Waals surface area contributed by atoms with Gasteiger partial charge >= 0.3 is 11.4 Å². The smallest absolute Gasteiger partial charge is 0.284 e. The molecule has 5 heteroatoms. The summed E-state index contributed by atoms with van der Waals surface area (Å²) in [4.78, 5) is 0. The summed E-state index contributed by atoms with van der Waals surface area (Å²) in [6, 6.07) is 0. The van der Waals surface area contributed by atoms with Gasteiger partial charge in [-0.15, -0.1) is 0 Å². The fraction of sp³-hybridized carbons (Fsp3) is 1.00. The molecule has 0 aliphatic rings. The van der Waals surface area contributed by atoms with E-state index in [0.29, 0.717) is 12.5 Å². The Morgan fingerprint density at radius 3 is 2.40 bits per heavy atom. The molecule has 0 heterocycles. The van der Waals surface area contributed by atoms with Crippen LogP contribution in [0.3, 0.4) is 0 Å². The zero-order valence-electron chi connectivity index (χ0n) is 6.24. The molecule has 0 fully saturated rings. The zero-order chi connectivity index (χ0) is 7.28. The number of rotatable bonds is 4. The Labute approximate surface area is 89.3 Å². The van der Waals surface area contributed by atoms with E-state index in [9.17, 15) is 4.21 Å². The zero-order valence-corrected chi connectivity index (χ0v) is 9.90. The van der Waals surface area contributed by atoms with Crippen molar-refractivity contribution in [3.63, 3.8) is 0 Å². The Kier molecular flexibility index (Phi) is 11.4. The van der Waals surface area contributed by atoms with Gasteiger partial charge in [-0.25, -0.2) is 0 Å². The Hall–Kier alpha value is 1.17. The van der Waals surface area contributed by atoms with E-state index in [1.165, 1.54) is 0 Å². The molecule has 0 aromatic rings. The molecule has 1 atom stereocenters. The van der Waals surface area contributed by atoms with Gasteiger partial charge < -0.3 is 0 Å². The molecule has 0 rings (SSSR count). The van der Waals surface area contributed by atoms with E-state index < -0.39 is 11.4 Å². The monoisotopic (exact) mass is 241 g/mol. The van der Waals surface area contributed by atoms with Crippen LogP contribution in [0.1, 0.15) is 20.3 Å². The summed E-state index contributed by atoms with van der Waals surface area (Å²) in [5.41, 5.74) is 0. The van der Waals surface area contributed by atoms with Crippen molar-refractivity contribution in [1.29, 1.82) is 0 Å². The molecule has 0 spiro atoms. The van der Waals surface area contributed by atoms with Crippen LogP contribution in [0.15, 0.2) is 0 Å². The average Bonchev–Trinajstić information content (AvgIpc) is 1.63. The standard InChI is InChI=1S/C5H12O3S.Y/c1-5(2)3-4-8-9(6)7;/h5H,3-4H2,1-2H3,(H,6,7);. The maximum Gasteiger partial charge on any atom is 0.301 e. The fourth-order valence-electron chi connectivity index (χ4n) is 0.355. The SMILES string of the molecule is CC(C)CCOS(=O)O.[Y]. The topological polar surface area (TPSA) is 46.5 Å². The summed E-state index contributed by atoms with van der Waals surface area (Å²) in [6.07, 6.45) is 0.826. The average molecular weight is 241 g/mol. The van der Waals surface area contributed by atoms with Crippen LogP contribution in [-0.2, 0) is 48.3 Å². The third-order valence-corrected chi connectivity index (χ3v) is 1.25. The molecular formula is C5H12O3SY. The van der Waals surface area contributed by atoms with Gasteiger partial charge in [0.1, 0.15) is 0 Å². The summed E-state index contributed by atoms with van der Waals surface area (Å²) < 4.78 is 22.4. The molecule has 0 bridgehead atoms. The van der Waals surface area contributed by atoms with Crippen molar-refractivity contribution in [3.05, 3.63) is 0 Å². The van der Waals surface area contributed by atoms with Crippen LogP contribution in [-0.4, -0.2) is 15.4 Å². The van der Waals surface area contributed by atoms with Crippen LogP contribution in [0.2, 0.25) is 0 Å². The van der Waals surface area contributed by atoms with E-state index in [1.807, 2.05) is 13.8 Å². The van der Waals surface area contributed by atoms with Gasteiger partial charge in [0.05, 0.1) is 6.61 Å². The quantitative estimate of drug-likeness (QED) is 0.752. The molecule has 0 saturated heterocycles. The molecule has 59 valence electrons. The van der Waals surface area contributed by atoms with Gasteiger partial charge in [0.2, 0.25) is 0 Å². The van der Waals surface area contributed by atoms with E-state index in [0.717, 1.165) is 6.42 Å². The summed E-state index contributed by atoms with van der Waals surface area (Å²) in [5.74, 6) is 0.522. The van der Waals surface area contributed by atoms with Crippen molar-refractivity contribution in [1.82, 2.24) is 0 Å². The molecule has 1 unspecified atom stereocenters. The van der Waals surface area contributed by atoms with Crippen LogP contribution < -0.4 is 0 Å². The van der Waals surface area contributed by atoms with Crippen molar-refractivity contribution in [2.24, 2.45) is 5.92 Å². The Bertz CT molecular complexity index is 96.9. The summed E-state index contributed by atoms with van der Waals surface area (Å²) in [7, 11) is 0. The van der Waals surface area contributed by atoms with Gasteiger partial charge in [-0.2, -0.15) is 4.21 Å². The first-order valence-electron chi connectivity index (χ1n) is 2.87. The minimum absolute atomic E-state index is 0. The van der Waals surface area contributed by atoms with Crippen molar-refractivity contribution >= 4 is 11.4 Å². The van der Waals surface area contributed by atoms with E-state index in [1.54, 1.807) is 0 Å². The molecule has 0 aliphatic carbocycles. The summed E-state index contributed by atoms with van der Waals surface area (Å²) in [5, 5.41) is 0. The van der Waals surface area contributed by atoms with Gasteiger partial charge in [0, 0.05) is 32.7 Å². The second-order valence-electron chi connectivity index (χ2n) is 2.22. The van der Waals surface area contributed by atoms with E-state index in [-0.39, 0.29) is 32.7 Å². The third-order valence-electron chi connectivity index (χ3n) is 0.879. The van der Waals surface area contributed by atoms with Crippen molar-refractivity contribution in [2.75, 3.05) is 6.61 Å². The number of hydrogen-bond acceptors (Lipinski definition) is 2. The minimum Gasteiger partial charge on any atom is -0.284 e. The molecule has 0 saturated carbocycles. The third kappa shape index (κ3) is 11.9. The summed E-state index contributed by atoms with van der Waals surface area (Å²) in [6.45, 7) is 4.42. The van der Waals surface area contributed by atoms with Gasteiger partial charge in [-0.1, -0.05) is 13.8 Å². The first-order valence-corrected chi connectivity index (χ1v) is 3.90. The maximum atomic E-state index is 9.87. The predicted molar refractivity (Wildman–Crippen MR) is 36.2 cm³/mol. The van der Waals surface area contributed by atoms with Gasteiger partial charge in [0.25, 0.3) is 0 Å². The van der Waals surface area contributed by atoms with Crippen LogP contribution in [0.5, 0.6) is 0 Å². The number of hydrogen-bond donors (Lipinski definition) is 1. The van der Waals surface area contributed by atoms with Gasteiger partial charge in [-0.05, 0) is 12.3 Å². The first-order chi connectivity index (χ1) is 4.13. The van der Waals surface area contributed by atoms with Crippen LogP contribution in [0.4, 0.5) is 0 Å². The van der Waals surface area contributed by atoms with E-state index in [2.05, 4.69) is 4.18 Å². The maximum absolute atomic E-state index is 9.87. The Morgan fingerprint density at radius 2 is 2.10 bits per heavy atom.